The number of benzene rings is 3. The summed E-state index contributed by atoms with van der Waals surface area (Å²) in [5.41, 5.74) is 6.57. The fourth-order valence-electron chi connectivity index (χ4n) is 3.74. The summed E-state index contributed by atoms with van der Waals surface area (Å²) in [5, 5.41) is 14.7. The fourth-order valence-corrected chi connectivity index (χ4v) is 3.92. The number of nitrogens with one attached hydrogen (secondary N) is 1. The van der Waals surface area contributed by atoms with Crippen LogP contribution in [0.4, 0.5) is 0 Å². The van der Waals surface area contributed by atoms with Crippen LogP contribution in [-0.2, 0) is 6.42 Å². The molecule has 0 saturated carbocycles. The van der Waals surface area contributed by atoms with E-state index >= 15 is 0 Å². The van der Waals surface area contributed by atoms with Crippen molar-refractivity contribution in [3.05, 3.63) is 99.6 Å². The van der Waals surface area contributed by atoms with Crippen molar-refractivity contribution in [1.29, 1.82) is 0 Å². The SMILES string of the molecule is CCc1ccc(C2=NC(c3ccc(C)cc3)NC(c3cc(Cl)ccc3O)C2)cc1. The number of nitrogens with zero attached hydrogens (tertiary/aromatic N) is 1. The molecule has 29 heavy (non-hydrogen) atoms. The van der Waals surface area contributed by atoms with Gasteiger partial charge in [-0.1, -0.05) is 72.6 Å². The highest BCUT2D eigenvalue weighted by molar-refractivity contribution is 6.30. The highest BCUT2D eigenvalue weighted by Gasteiger charge is 2.27. The number of hydrogen-bond acceptors (Lipinski definition) is 3. The molecule has 0 aliphatic carbocycles. The molecule has 3 nitrogen and oxygen atoms in total. The molecule has 1 heterocycles. The average Bonchev–Trinajstić information content (AvgIpc) is 2.75. The number of aryl methyl sites for hydroxylation is 2. The van der Waals surface area contributed by atoms with Gasteiger partial charge < -0.3 is 5.11 Å². The summed E-state index contributed by atoms with van der Waals surface area (Å²) in [6.45, 7) is 4.23. The van der Waals surface area contributed by atoms with Gasteiger partial charge in [0.15, 0.2) is 0 Å². The number of aliphatic imine (C=N–C) groups is 1. The van der Waals surface area contributed by atoms with Gasteiger partial charge in [-0.2, -0.15) is 0 Å². The van der Waals surface area contributed by atoms with Crippen LogP contribution < -0.4 is 5.32 Å². The Morgan fingerprint density at radius 2 is 1.76 bits per heavy atom. The Balaban J connectivity index is 1.75. The molecule has 1 aliphatic heterocycles. The highest BCUT2D eigenvalue weighted by atomic mass is 35.5. The van der Waals surface area contributed by atoms with Crippen molar-refractivity contribution in [2.24, 2.45) is 4.99 Å². The molecule has 2 unspecified atom stereocenters. The Hall–Kier alpha value is -2.62. The zero-order valence-corrected chi connectivity index (χ0v) is 17.4. The summed E-state index contributed by atoms with van der Waals surface area (Å²) >= 11 is 6.22. The number of phenols is 1. The zero-order valence-electron chi connectivity index (χ0n) is 16.7. The second-order valence-corrected chi connectivity index (χ2v) is 8.00. The molecule has 1 aliphatic rings. The minimum absolute atomic E-state index is 0.0849. The maximum Gasteiger partial charge on any atom is 0.126 e. The Morgan fingerprint density at radius 1 is 1.03 bits per heavy atom. The van der Waals surface area contributed by atoms with Crippen molar-refractivity contribution in [1.82, 2.24) is 5.32 Å². The second-order valence-electron chi connectivity index (χ2n) is 7.57. The first-order valence-electron chi connectivity index (χ1n) is 10.0. The molecule has 0 amide bonds. The van der Waals surface area contributed by atoms with Crippen LogP contribution in [0.15, 0.2) is 71.7 Å². The first-order valence-corrected chi connectivity index (χ1v) is 10.4. The van der Waals surface area contributed by atoms with Gasteiger partial charge >= 0.3 is 0 Å². The van der Waals surface area contributed by atoms with E-state index < -0.39 is 0 Å². The topological polar surface area (TPSA) is 44.6 Å². The van der Waals surface area contributed by atoms with Gasteiger partial charge in [0.05, 0.1) is 0 Å². The van der Waals surface area contributed by atoms with E-state index in [1.54, 1.807) is 12.1 Å². The van der Waals surface area contributed by atoms with Gasteiger partial charge in [-0.3, -0.25) is 10.3 Å². The standard InChI is InChI=1S/C25H25ClN2O/c1-3-17-6-10-18(11-7-17)22-15-23(21-14-20(26)12-13-24(21)29)28-25(27-22)19-8-4-16(2)5-9-19/h4-14,23,25,28-29H,3,15H2,1-2H3. The van der Waals surface area contributed by atoms with Crippen LogP contribution in [0, 0.1) is 6.92 Å². The number of aromatic hydroxyl groups is 1. The number of halogens is 1. The molecule has 3 aromatic rings. The summed E-state index contributed by atoms with van der Waals surface area (Å²) in [6, 6.07) is 22.1. The van der Waals surface area contributed by atoms with E-state index in [4.69, 9.17) is 16.6 Å². The van der Waals surface area contributed by atoms with Gasteiger partial charge in [0.1, 0.15) is 11.9 Å². The van der Waals surface area contributed by atoms with E-state index in [0.29, 0.717) is 11.4 Å². The molecule has 3 aromatic carbocycles. The predicted octanol–water partition coefficient (Wildman–Crippen LogP) is 6.14. The fraction of sp³-hybridized carbons (Fsp3) is 0.240. The molecule has 4 rings (SSSR count). The van der Waals surface area contributed by atoms with E-state index in [0.717, 1.165) is 28.8 Å². The molecular weight excluding hydrogens is 380 g/mol. The maximum absolute atomic E-state index is 10.5. The molecule has 0 spiro atoms. The van der Waals surface area contributed by atoms with Crippen LogP contribution in [0.25, 0.3) is 0 Å². The van der Waals surface area contributed by atoms with Crippen LogP contribution in [0.3, 0.4) is 0 Å². The quantitative estimate of drug-likeness (QED) is 0.548. The zero-order chi connectivity index (χ0) is 20.4. The molecule has 0 radical (unpaired) electrons. The van der Waals surface area contributed by atoms with Crippen molar-refractivity contribution in [2.75, 3.05) is 0 Å². The van der Waals surface area contributed by atoms with Crippen molar-refractivity contribution in [3.8, 4) is 5.75 Å². The smallest absolute Gasteiger partial charge is 0.126 e. The lowest BCUT2D eigenvalue weighted by atomic mass is 9.93. The summed E-state index contributed by atoms with van der Waals surface area (Å²) in [6.07, 6.45) is 1.51. The van der Waals surface area contributed by atoms with Gasteiger partial charge in [-0.25, -0.2) is 0 Å². The van der Waals surface area contributed by atoms with E-state index in [9.17, 15) is 5.11 Å². The second kappa shape index (κ2) is 8.40. The normalized spacial score (nSPS) is 19.1. The van der Waals surface area contributed by atoms with Gasteiger partial charge in [0.25, 0.3) is 0 Å². The molecule has 2 N–H and O–H groups in total. The first kappa shape index (κ1) is 19.7. The monoisotopic (exact) mass is 404 g/mol. The van der Waals surface area contributed by atoms with Crippen LogP contribution in [0.2, 0.25) is 5.02 Å². The third-order valence-corrected chi connectivity index (χ3v) is 5.73. The summed E-state index contributed by atoms with van der Waals surface area (Å²) < 4.78 is 0. The maximum atomic E-state index is 10.5. The third kappa shape index (κ3) is 4.36. The van der Waals surface area contributed by atoms with Crippen molar-refractivity contribution in [3.63, 3.8) is 0 Å². The molecule has 2 atom stereocenters. The van der Waals surface area contributed by atoms with Gasteiger partial charge in [-0.15, -0.1) is 0 Å². The molecule has 0 fully saturated rings. The summed E-state index contributed by atoms with van der Waals surface area (Å²) in [7, 11) is 0. The summed E-state index contributed by atoms with van der Waals surface area (Å²) in [5.74, 6) is 0.247. The van der Waals surface area contributed by atoms with Crippen LogP contribution in [-0.4, -0.2) is 10.8 Å². The number of hydrogen-bond donors (Lipinski definition) is 2. The third-order valence-electron chi connectivity index (χ3n) is 5.49. The largest absolute Gasteiger partial charge is 0.508 e. The number of phenolic OH excluding ortho intramolecular Hbond substituents is 1. The van der Waals surface area contributed by atoms with Gasteiger partial charge in [0, 0.05) is 28.8 Å². The van der Waals surface area contributed by atoms with Crippen LogP contribution in [0.5, 0.6) is 5.75 Å². The Kier molecular flexibility index (Phi) is 5.70. The minimum atomic E-state index is -0.186. The molecule has 0 bridgehead atoms. The highest BCUT2D eigenvalue weighted by Crippen LogP contribution is 2.35. The summed E-state index contributed by atoms with van der Waals surface area (Å²) in [4.78, 5) is 5.03. The van der Waals surface area contributed by atoms with Gasteiger partial charge in [-0.05, 0) is 48.2 Å². The predicted molar refractivity (Wildman–Crippen MR) is 120 cm³/mol. The average molecular weight is 405 g/mol. The Morgan fingerprint density at radius 3 is 2.45 bits per heavy atom. The molecular formula is C25H25ClN2O. The molecule has 148 valence electrons. The lowest BCUT2D eigenvalue weighted by Crippen LogP contribution is -2.33. The van der Waals surface area contributed by atoms with Crippen molar-refractivity contribution >= 4 is 17.3 Å². The Bertz CT molecular complexity index is 1030. The van der Waals surface area contributed by atoms with Crippen molar-refractivity contribution in [2.45, 2.75) is 38.9 Å². The Labute approximate surface area is 177 Å². The van der Waals surface area contributed by atoms with Crippen molar-refractivity contribution < 1.29 is 5.11 Å². The molecule has 0 aromatic heterocycles. The number of rotatable bonds is 4. The first-order chi connectivity index (χ1) is 14.0. The van der Waals surface area contributed by atoms with Crippen LogP contribution in [0.1, 0.15) is 53.4 Å². The van der Waals surface area contributed by atoms with Gasteiger partial charge in [0.2, 0.25) is 0 Å². The minimum Gasteiger partial charge on any atom is -0.508 e. The van der Waals surface area contributed by atoms with E-state index in [1.165, 1.54) is 11.1 Å². The van der Waals surface area contributed by atoms with E-state index in [2.05, 4.69) is 67.7 Å². The molecule has 4 heteroatoms. The lowest BCUT2D eigenvalue weighted by molar-refractivity contribution is 0.412. The lowest BCUT2D eigenvalue weighted by Gasteiger charge is -2.31. The van der Waals surface area contributed by atoms with E-state index in [-0.39, 0.29) is 18.0 Å². The van der Waals surface area contributed by atoms with Crippen LogP contribution >= 0.6 is 11.6 Å². The molecule has 0 saturated heterocycles. The van der Waals surface area contributed by atoms with E-state index in [1.807, 2.05) is 6.07 Å².